The molecule has 0 N–H and O–H groups in total. The minimum atomic E-state index is -0.157. The fourth-order valence-electron chi connectivity index (χ4n) is 0.275. The predicted octanol–water partition coefficient (Wildman–Crippen LogP) is 1.25. The molecule has 0 amide bonds. The monoisotopic (exact) mass is 111 g/mol. The van der Waals surface area contributed by atoms with Gasteiger partial charge in [0.1, 0.15) is 6.10 Å². The van der Waals surface area contributed by atoms with Crippen molar-refractivity contribution in [2.75, 3.05) is 7.11 Å². The van der Waals surface area contributed by atoms with Crippen molar-refractivity contribution in [1.29, 1.82) is 0 Å². The minimum Gasteiger partial charge on any atom is -0.369 e. The molecule has 0 saturated carbocycles. The van der Waals surface area contributed by atoms with Gasteiger partial charge in [0.05, 0.1) is 0 Å². The van der Waals surface area contributed by atoms with E-state index in [0.717, 1.165) is 6.42 Å². The average molecular weight is 111 g/mol. The summed E-state index contributed by atoms with van der Waals surface area (Å²) in [4.78, 5) is 0. The van der Waals surface area contributed by atoms with Crippen LogP contribution >= 0.6 is 0 Å². The first-order valence-corrected chi connectivity index (χ1v) is 2.65. The van der Waals surface area contributed by atoms with Gasteiger partial charge >= 0.3 is 0 Å². The van der Waals surface area contributed by atoms with E-state index in [1.807, 2.05) is 6.92 Å². The molecule has 0 bridgehead atoms. The Morgan fingerprint density at radius 3 is 2.75 bits per heavy atom. The van der Waals surface area contributed by atoms with Gasteiger partial charge in [-0.15, -0.1) is 5.92 Å². The molecule has 0 rings (SSSR count). The molecule has 0 aliphatic heterocycles. The third kappa shape index (κ3) is 3.70. The highest BCUT2D eigenvalue weighted by Gasteiger charge is 1.86. The number of rotatable bonds is 1. The molecule has 1 atom stereocenters. The van der Waals surface area contributed by atoms with Gasteiger partial charge in [0, 0.05) is 13.5 Å². The van der Waals surface area contributed by atoms with Crippen LogP contribution < -0.4 is 0 Å². The van der Waals surface area contributed by atoms with Gasteiger partial charge in [-0.1, -0.05) is 12.8 Å². The molecule has 0 aliphatic rings. The van der Waals surface area contributed by atoms with Crippen LogP contribution in [0.3, 0.4) is 0 Å². The average Bonchev–Trinajstić information content (AvgIpc) is 1.83. The van der Waals surface area contributed by atoms with Crippen LogP contribution in [0.25, 0.3) is 0 Å². The molecule has 8 heavy (non-hydrogen) atoms. The summed E-state index contributed by atoms with van der Waals surface area (Å²) in [5, 5.41) is 0. The van der Waals surface area contributed by atoms with Gasteiger partial charge in [-0.3, -0.25) is 0 Å². The molecule has 0 spiro atoms. The minimum absolute atomic E-state index is 0.157. The number of methoxy groups -OCH3 is 1. The Hall–Kier alpha value is -0.480. The molecule has 0 heterocycles. The highest BCUT2D eigenvalue weighted by molar-refractivity contribution is 5.05. The van der Waals surface area contributed by atoms with Gasteiger partial charge in [0.15, 0.2) is 0 Å². The summed E-state index contributed by atoms with van der Waals surface area (Å²) in [6.45, 7) is 5.59. The molecule has 0 fully saturated rings. The maximum atomic E-state index is 4.77. The summed E-state index contributed by atoms with van der Waals surface area (Å²) in [5.74, 6) is 5.66. The Balaban J connectivity index is 3.35. The van der Waals surface area contributed by atoms with Crippen molar-refractivity contribution in [3.05, 3.63) is 6.92 Å². The lowest BCUT2D eigenvalue weighted by Gasteiger charge is -1.95. The quantitative estimate of drug-likeness (QED) is 0.463. The predicted molar refractivity (Wildman–Crippen MR) is 34.2 cm³/mol. The van der Waals surface area contributed by atoms with E-state index in [4.69, 9.17) is 4.74 Å². The van der Waals surface area contributed by atoms with E-state index in [0.29, 0.717) is 0 Å². The van der Waals surface area contributed by atoms with E-state index in [-0.39, 0.29) is 6.10 Å². The molecule has 45 valence electrons. The van der Waals surface area contributed by atoms with Crippen molar-refractivity contribution >= 4 is 0 Å². The third-order valence-electron chi connectivity index (χ3n) is 0.724. The second-order valence-electron chi connectivity index (χ2n) is 1.40. The zero-order valence-corrected chi connectivity index (χ0v) is 5.40. The van der Waals surface area contributed by atoms with Crippen molar-refractivity contribution in [3.8, 4) is 11.8 Å². The molecule has 0 saturated heterocycles. The van der Waals surface area contributed by atoms with Gasteiger partial charge in [-0.05, 0) is 6.92 Å². The lowest BCUT2D eigenvalue weighted by molar-refractivity contribution is 0.182. The summed E-state index contributed by atoms with van der Waals surface area (Å²) in [6.07, 6.45) is 0.713. The Bertz CT molecular complexity index is 96.7. The van der Waals surface area contributed by atoms with Crippen LogP contribution in [0.4, 0.5) is 0 Å². The van der Waals surface area contributed by atoms with E-state index in [2.05, 4.69) is 18.8 Å². The summed E-state index contributed by atoms with van der Waals surface area (Å²) < 4.78 is 4.77. The molecule has 0 aliphatic carbocycles. The third-order valence-corrected chi connectivity index (χ3v) is 0.724. The van der Waals surface area contributed by atoms with Crippen LogP contribution in [0.15, 0.2) is 0 Å². The highest BCUT2D eigenvalue weighted by Crippen LogP contribution is 1.81. The van der Waals surface area contributed by atoms with Crippen LogP contribution in [-0.2, 0) is 4.74 Å². The van der Waals surface area contributed by atoms with E-state index in [1.54, 1.807) is 7.11 Å². The standard InChI is InChI=1S/C7H11O/c1-4-5-6-7(2)8-3/h7H,2,4H2,1,3H3. The Kier molecular flexibility index (Phi) is 4.39. The van der Waals surface area contributed by atoms with Crippen molar-refractivity contribution in [1.82, 2.24) is 0 Å². The number of hydrogen-bond acceptors (Lipinski definition) is 1. The summed E-state index contributed by atoms with van der Waals surface area (Å²) >= 11 is 0. The normalized spacial score (nSPS) is 11.9. The molecular formula is C7H11O. The second-order valence-corrected chi connectivity index (χ2v) is 1.40. The Morgan fingerprint density at radius 1 is 1.75 bits per heavy atom. The lowest BCUT2D eigenvalue weighted by atomic mass is 10.4. The maximum absolute atomic E-state index is 4.77. The van der Waals surface area contributed by atoms with E-state index in [1.165, 1.54) is 0 Å². The van der Waals surface area contributed by atoms with Gasteiger partial charge in [0.2, 0.25) is 0 Å². The second kappa shape index (κ2) is 4.67. The van der Waals surface area contributed by atoms with Crippen LogP contribution in [-0.4, -0.2) is 13.2 Å². The van der Waals surface area contributed by atoms with Crippen LogP contribution in [0.1, 0.15) is 13.3 Å². The highest BCUT2D eigenvalue weighted by atomic mass is 16.5. The van der Waals surface area contributed by atoms with Crippen molar-refractivity contribution in [2.45, 2.75) is 19.4 Å². The van der Waals surface area contributed by atoms with E-state index >= 15 is 0 Å². The van der Waals surface area contributed by atoms with Crippen molar-refractivity contribution in [2.24, 2.45) is 0 Å². The first-order valence-electron chi connectivity index (χ1n) is 2.65. The molecule has 1 nitrogen and oxygen atoms in total. The van der Waals surface area contributed by atoms with Crippen molar-refractivity contribution in [3.63, 3.8) is 0 Å². The zero-order valence-electron chi connectivity index (χ0n) is 5.40. The molecule has 1 unspecified atom stereocenters. The van der Waals surface area contributed by atoms with Gasteiger partial charge in [-0.2, -0.15) is 0 Å². The SMILES string of the molecule is [CH2]C(C#CCC)OC. The van der Waals surface area contributed by atoms with Gasteiger partial charge in [0.25, 0.3) is 0 Å². The molecule has 0 aromatic rings. The van der Waals surface area contributed by atoms with E-state index in [9.17, 15) is 0 Å². The van der Waals surface area contributed by atoms with Gasteiger partial charge in [-0.25, -0.2) is 0 Å². The maximum Gasteiger partial charge on any atom is 0.117 e. The smallest absolute Gasteiger partial charge is 0.117 e. The summed E-state index contributed by atoms with van der Waals surface area (Å²) in [5.41, 5.74) is 0. The number of ether oxygens (including phenoxy) is 1. The zero-order chi connectivity index (χ0) is 6.41. The van der Waals surface area contributed by atoms with Gasteiger partial charge < -0.3 is 4.74 Å². The largest absolute Gasteiger partial charge is 0.369 e. The molecule has 0 aromatic heterocycles. The van der Waals surface area contributed by atoms with Crippen LogP contribution in [0.2, 0.25) is 0 Å². The Morgan fingerprint density at radius 2 is 2.38 bits per heavy atom. The molecular weight excluding hydrogens is 100 g/mol. The fourth-order valence-corrected chi connectivity index (χ4v) is 0.275. The first-order chi connectivity index (χ1) is 3.81. The lowest BCUT2D eigenvalue weighted by Crippen LogP contribution is -1.99. The summed E-state index contributed by atoms with van der Waals surface area (Å²) in [6, 6.07) is 0. The van der Waals surface area contributed by atoms with Crippen molar-refractivity contribution < 1.29 is 4.74 Å². The first kappa shape index (κ1) is 7.52. The summed E-state index contributed by atoms with van der Waals surface area (Å²) in [7, 11) is 1.60. The molecule has 1 radical (unpaired) electrons. The van der Waals surface area contributed by atoms with E-state index < -0.39 is 0 Å². The van der Waals surface area contributed by atoms with Crippen LogP contribution in [0, 0.1) is 18.8 Å². The molecule has 1 heteroatoms. The van der Waals surface area contributed by atoms with Crippen LogP contribution in [0.5, 0.6) is 0 Å². The fraction of sp³-hybridized carbons (Fsp3) is 0.571. The Labute approximate surface area is 51.0 Å². The molecule has 0 aromatic carbocycles. The topological polar surface area (TPSA) is 9.23 Å². The number of hydrogen-bond donors (Lipinski definition) is 0.